The Hall–Kier alpha value is -2.19. The van der Waals surface area contributed by atoms with Gasteiger partial charge >= 0.3 is 0 Å². The molecule has 1 aliphatic carbocycles. The zero-order chi connectivity index (χ0) is 21.8. The van der Waals surface area contributed by atoms with E-state index in [1.54, 1.807) is 13.8 Å². The molecular formula is C23H29N3O4S. The van der Waals surface area contributed by atoms with Crippen LogP contribution in [0.3, 0.4) is 0 Å². The van der Waals surface area contributed by atoms with Gasteiger partial charge in [-0.15, -0.1) is 0 Å². The van der Waals surface area contributed by atoms with E-state index in [-0.39, 0.29) is 28.3 Å². The number of piperidine rings is 1. The Balaban J connectivity index is 1.36. The van der Waals surface area contributed by atoms with Crippen molar-refractivity contribution in [3.8, 4) is 0 Å². The van der Waals surface area contributed by atoms with Gasteiger partial charge < -0.3 is 9.42 Å². The predicted octanol–water partition coefficient (Wildman–Crippen LogP) is 3.59. The molecule has 3 heterocycles. The number of β-lactam (4-membered cyclic amide) rings is 1. The third-order valence-electron chi connectivity index (χ3n) is 7.46. The van der Waals surface area contributed by atoms with Gasteiger partial charge in [-0.3, -0.25) is 4.79 Å². The van der Waals surface area contributed by atoms with Crippen LogP contribution in [-0.4, -0.2) is 47.8 Å². The highest BCUT2D eigenvalue weighted by atomic mass is 32.2. The van der Waals surface area contributed by atoms with Crippen molar-refractivity contribution in [2.45, 2.75) is 69.4 Å². The first-order valence-corrected chi connectivity index (χ1v) is 12.6. The number of benzene rings is 1. The maximum Gasteiger partial charge on any atom is 0.248 e. The molecule has 0 N–H and O–H groups in total. The number of aromatic nitrogens is 1. The Morgan fingerprint density at radius 3 is 2.29 bits per heavy atom. The van der Waals surface area contributed by atoms with Crippen LogP contribution in [-0.2, 0) is 14.8 Å². The van der Waals surface area contributed by atoms with Crippen molar-refractivity contribution in [1.29, 1.82) is 0 Å². The third-order valence-corrected chi connectivity index (χ3v) is 9.60. The van der Waals surface area contributed by atoms with Crippen LogP contribution in [0.5, 0.6) is 0 Å². The summed E-state index contributed by atoms with van der Waals surface area (Å²) in [6, 6.07) is 10.5. The molecule has 3 fully saturated rings. The van der Waals surface area contributed by atoms with Gasteiger partial charge in [-0.05, 0) is 45.1 Å². The molecule has 0 bridgehead atoms. The third kappa shape index (κ3) is 3.06. The summed E-state index contributed by atoms with van der Waals surface area (Å²) >= 11 is 0. The zero-order valence-electron chi connectivity index (χ0n) is 18.1. The minimum atomic E-state index is -3.65. The van der Waals surface area contributed by atoms with E-state index in [1.807, 2.05) is 18.2 Å². The zero-order valence-corrected chi connectivity index (χ0v) is 18.9. The van der Waals surface area contributed by atoms with Gasteiger partial charge in [-0.25, -0.2) is 8.42 Å². The second kappa shape index (κ2) is 7.45. The van der Waals surface area contributed by atoms with Crippen LogP contribution in [0.4, 0.5) is 0 Å². The lowest BCUT2D eigenvalue weighted by molar-refractivity contribution is -0.180. The fourth-order valence-electron chi connectivity index (χ4n) is 6.01. The highest BCUT2D eigenvalue weighted by molar-refractivity contribution is 7.89. The summed E-state index contributed by atoms with van der Waals surface area (Å²) in [5.41, 5.74) is 1.35. The molecule has 7 nitrogen and oxygen atoms in total. The predicted molar refractivity (Wildman–Crippen MR) is 115 cm³/mol. The summed E-state index contributed by atoms with van der Waals surface area (Å²) in [4.78, 5) is 15.6. The van der Waals surface area contributed by atoms with E-state index in [9.17, 15) is 13.2 Å². The maximum absolute atomic E-state index is 13.4. The molecule has 0 radical (unpaired) electrons. The fourth-order valence-corrected chi connectivity index (χ4v) is 7.77. The molecule has 2 aromatic rings. The van der Waals surface area contributed by atoms with Crippen LogP contribution in [0.2, 0.25) is 0 Å². The smallest absolute Gasteiger partial charge is 0.248 e. The van der Waals surface area contributed by atoms with Gasteiger partial charge in [0.15, 0.2) is 5.76 Å². The minimum absolute atomic E-state index is 0.0695. The molecule has 2 aliphatic heterocycles. The number of carbonyl (C=O) groups excluding carboxylic acids is 1. The van der Waals surface area contributed by atoms with E-state index in [1.165, 1.54) is 9.87 Å². The molecule has 1 amide bonds. The van der Waals surface area contributed by atoms with Crippen molar-refractivity contribution in [3.05, 3.63) is 47.3 Å². The quantitative estimate of drug-likeness (QED) is 0.675. The lowest BCUT2D eigenvalue weighted by Crippen LogP contribution is -2.66. The standard InChI is InChI=1S/C23H29N3O4S/c1-16-20(17(2)30-24-16)31(28,29)25-14-10-19(11-15-25)26-21(18-8-4-3-5-9-18)23(22(26)27)12-6-7-13-23/h3-5,8-9,19,21H,6-7,10-15H2,1-2H3. The normalized spacial score (nSPS) is 24.6. The van der Waals surface area contributed by atoms with E-state index in [0.29, 0.717) is 37.4 Å². The molecule has 8 heteroatoms. The van der Waals surface area contributed by atoms with Crippen LogP contribution in [0.25, 0.3) is 0 Å². The van der Waals surface area contributed by atoms with Gasteiger partial charge in [0.1, 0.15) is 10.6 Å². The van der Waals surface area contributed by atoms with Crippen LogP contribution in [0, 0.1) is 19.3 Å². The highest BCUT2D eigenvalue weighted by Crippen LogP contribution is 2.60. The molecule has 166 valence electrons. The molecule has 1 spiro atoms. The topological polar surface area (TPSA) is 83.7 Å². The number of likely N-dealkylation sites (tertiary alicyclic amines) is 1. The molecule has 1 aromatic heterocycles. The fraction of sp³-hybridized carbons (Fsp3) is 0.565. The Kier molecular flexibility index (Phi) is 4.97. The van der Waals surface area contributed by atoms with Gasteiger partial charge in [0.2, 0.25) is 15.9 Å². The molecular weight excluding hydrogens is 414 g/mol. The Morgan fingerprint density at radius 2 is 1.71 bits per heavy atom. The monoisotopic (exact) mass is 443 g/mol. The van der Waals surface area contributed by atoms with E-state index < -0.39 is 10.0 Å². The summed E-state index contributed by atoms with van der Waals surface area (Å²) in [7, 11) is -3.65. The summed E-state index contributed by atoms with van der Waals surface area (Å²) in [5, 5.41) is 3.80. The van der Waals surface area contributed by atoms with Crippen LogP contribution < -0.4 is 0 Å². The molecule has 2 saturated heterocycles. The largest absolute Gasteiger partial charge is 0.360 e. The molecule has 1 atom stereocenters. The van der Waals surface area contributed by atoms with Gasteiger partial charge in [-0.2, -0.15) is 4.31 Å². The molecule has 1 saturated carbocycles. The lowest BCUT2D eigenvalue weighted by atomic mass is 9.65. The van der Waals surface area contributed by atoms with Gasteiger partial charge in [0, 0.05) is 19.1 Å². The number of hydrogen-bond donors (Lipinski definition) is 0. The number of rotatable bonds is 4. The van der Waals surface area contributed by atoms with Crippen molar-refractivity contribution < 1.29 is 17.7 Å². The van der Waals surface area contributed by atoms with E-state index in [2.05, 4.69) is 22.2 Å². The Morgan fingerprint density at radius 1 is 1.06 bits per heavy atom. The Labute approximate surface area is 183 Å². The highest BCUT2D eigenvalue weighted by Gasteiger charge is 2.63. The van der Waals surface area contributed by atoms with E-state index in [4.69, 9.17) is 4.52 Å². The molecule has 1 aromatic carbocycles. The van der Waals surface area contributed by atoms with Crippen molar-refractivity contribution in [1.82, 2.24) is 14.4 Å². The van der Waals surface area contributed by atoms with Gasteiger partial charge in [-0.1, -0.05) is 48.3 Å². The number of aryl methyl sites for hydroxylation is 2. The summed E-state index contributed by atoms with van der Waals surface area (Å²) in [5.74, 6) is 0.593. The number of carbonyl (C=O) groups is 1. The average molecular weight is 444 g/mol. The SMILES string of the molecule is Cc1noc(C)c1S(=O)(=O)N1CCC(N2C(=O)C3(CCCC3)C2c2ccccc2)CC1. The second-order valence-corrected chi connectivity index (χ2v) is 11.1. The van der Waals surface area contributed by atoms with Crippen LogP contribution >= 0.6 is 0 Å². The minimum Gasteiger partial charge on any atom is -0.360 e. The lowest BCUT2D eigenvalue weighted by Gasteiger charge is -2.59. The van der Waals surface area contributed by atoms with Gasteiger partial charge in [0.25, 0.3) is 0 Å². The summed E-state index contributed by atoms with van der Waals surface area (Å²) in [6.45, 7) is 4.08. The Bertz CT molecular complexity index is 1060. The molecule has 5 rings (SSSR count). The average Bonchev–Trinajstić information content (AvgIpc) is 3.41. The first kappa shape index (κ1) is 20.7. The van der Waals surface area contributed by atoms with Gasteiger partial charge in [0.05, 0.1) is 11.5 Å². The summed E-state index contributed by atoms with van der Waals surface area (Å²) in [6.07, 6.45) is 5.43. The number of amides is 1. The molecule has 3 aliphatic rings. The molecule has 1 unspecified atom stereocenters. The van der Waals surface area contributed by atoms with Crippen LogP contribution in [0.15, 0.2) is 39.8 Å². The maximum atomic E-state index is 13.4. The van der Waals surface area contributed by atoms with Crippen molar-refractivity contribution in [3.63, 3.8) is 0 Å². The number of nitrogens with zero attached hydrogens (tertiary/aromatic N) is 3. The molecule has 31 heavy (non-hydrogen) atoms. The first-order valence-electron chi connectivity index (χ1n) is 11.2. The van der Waals surface area contributed by atoms with Crippen molar-refractivity contribution in [2.75, 3.05) is 13.1 Å². The van der Waals surface area contributed by atoms with Crippen molar-refractivity contribution in [2.24, 2.45) is 5.41 Å². The van der Waals surface area contributed by atoms with E-state index in [0.717, 1.165) is 25.7 Å². The second-order valence-electron chi connectivity index (χ2n) is 9.18. The van der Waals surface area contributed by atoms with Crippen LogP contribution in [0.1, 0.15) is 61.6 Å². The number of sulfonamides is 1. The summed E-state index contributed by atoms with van der Waals surface area (Å²) < 4.78 is 32.9. The first-order chi connectivity index (χ1) is 14.9. The van der Waals surface area contributed by atoms with Crippen molar-refractivity contribution >= 4 is 15.9 Å². The number of hydrogen-bond acceptors (Lipinski definition) is 5. The van der Waals surface area contributed by atoms with E-state index >= 15 is 0 Å².